The molecule has 1 fully saturated rings. The van der Waals surface area contributed by atoms with Gasteiger partial charge in [0.15, 0.2) is 0 Å². The van der Waals surface area contributed by atoms with Crippen molar-refractivity contribution in [2.45, 2.75) is 0 Å². The highest BCUT2D eigenvalue weighted by Crippen LogP contribution is 2.16. The summed E-state index contributed by atoms with van der Waals surface area (Å²) in [5, 5.41) is 0. The van der Waals surface area contributed by atoms with Gasteiger partial charge in [0.2, 0.25) is 6.41 Å². The number of anilines is 1. The lowest BCUT2D eigenvalue weighted by Gasteiger charge is -2.29. The molecule has 2 rings (SSSR count). The smallest absolute Gasteiger partial charge is 0.322 e. The Kier molecular flexibility index (Phi) is 4.03. The number of benzene rings is 1. The van der Waals surface area contributed by atoms with Gasteiger partial charge in [0.25, 0.3) is 0 Å². The van der Waals surface area contributed by atoms with Crippen LogP contribution in [0.3, 0.4) is 0 Å². The van der Waals surface area contributed by atoms with Crippen LogP contribution in [0.15, 0.2) is 30.3 Å². The first-order valence-electron chi connectivity index (χ1n) is 5.49. The molecule has 0 atom stereocenters. The van der Waals surface area contributed by atoms with Gasteiger partial charge >= 0.3 is 6.03 Å². The van der Waals surface area contributed by atoms with Crippen LogP contribution in [0, 0.1) is 0 Å². The minimum absolute atomic E-state index is 0.230. The van der Waals surface area contributed by atoms with E-state index in [-0.39, 0.29) is 6.03 Å². The van der Waals surface area contributed by atoms with Crippen molar-refractivity contribution in [3.8, 4) is 0 Å². The lowest BCUT2D eigenvalue weighted by molar-refractivity contribution is -0.107. The molecule has 0 bridgehead atoms. The van der Waals surface area contributed by atoms with Crippen LogP contribution in [0.5, 0.6) is 0 Å². The number of nitrogens with zero attached hydrogens (tertiary/aromatic N) is 2. The summed E-state index contributed by atoms with van der Waals surface area (Å²) in [6.45, 7) is 1.42. The molecule has 0 N–H and O–H groups in total. The van der Waals surface area contributed by atoms with Crippen molar-refractivity contribution in [1.29, 1.82) is 0 Å². The van der Waals surface area contributed by atoms with Crippen LogP contribution < -0.4 is 4.90 Å². The Morgan fingerprint density at radius 1 is 1.24 bits per heavy atom. The molecule has 4 nitrogen and oxygen atoms in total. The van der Waals surface area contributed by atoms with Gasteiger partial charge in [0.05, 0.1) is 5.69 Å². The summed E-state index contributed by atoms with van der Waals surface area (Å²) in [4.78, 5) is 26.1. The molecule has 0 saturated carbocycles. The maximum Gasteiger partial charge on any atom is 0.331 e. The van der Waals surface area contributed by atoms with Crippen LogP contribution in [0.25, 0.3) is 0 Å². The molecule has 1 saturated heterocycles. The normalized spacial score (nSPS) is 15.4. The topological polar surface area (TPSA) is 40.6 Å². The summed E-state index contributed by atoms with van der Waals surface area (Å²) in [5.41, 5.74) is 0.616. The van der Waals surface area contributed by atoms with Crippen molar-refractivity contribution < 1.29 is 9.59 Å². The molecule has 1 aliphatic rings. The first-order chi connectivity index (χ1) is 8.33. The molecule has 1 aromatic rings. The van der Waals surface area contributed by atoms with E-state index in [1.54, 1.807) is 17.0 Å². The molecule has 17 heavy (non-hydrogen) atoms. The number of amides is 3. The molecule has 3 amide bonds. The zero-order chi connectivity index (χ0) is 12.1. The molecule has 1 aliphatic heterocycles. The molecule has 0 unspecified atom stereocenters. The number of thioether (sulfide) groups is 1. The number of carbonyl (C=O) groups excluding carboxylic acids is 2. The molecule has 1 aromatic carbocycles. The van der Waals surface area contributed by atoms with Crippen LogP contribution in [-0.2, 0) is 4.79 Å². The summed E-state index contributed by atoms with van der Waals surface area (Å²) in [5.74, 6) is 1.88. The molecule has 1 heterocycles. The molecule has 0 aliphatic carbocycles. The summed E-state index contributed by atoms with van der Waals surface area (Å²) in [7, 11) is 0. The van der Waals surface area contributed by atoms with E-state index >= 15 is 0 Å². The molecular formula is C12H14N2O2S. The standard InChI is InChI=1S/C12H14N2O2S/c15-10-14(11-4-2-1-3-5-11)12(16)13-6-8-17-9-7-13/h1-5,10H,6-9H2. The van der Waals surface area contributed by atoms with Crippen LogP contribution in [0.1, 0.15) is 0 Å². The predicted octanol–water partition coefficient (Wildman–Crippen LogP) is 1.82. The minimum atomic E-state index is -0.230. The Morgan fingerprint density at radius 3 is 2.47 bits per heavy atom. The fourth-order valence-electron chi connectivity index (χ4n) is 1.71. The lowest BCUT2D eigenvalue weighted by atomic mass is 10.3. The first-order valence-corrected chi connectivity index (χ1v) is 6.64. The predicted molar refractivity (Wildman–Crippen MR) is 69.3 cm³/mol. The van der Waals surface area contributed by atoms with E-state index < -0.39 is 0 Å². The Hall–Kier alpha value is -1.49. The quantitative estimate of drug-likeness (QED) is 0.752. The van der Waals surface area contributed by atoms with Crippen molar-refractivity contribution in [3.05, 3.63) is 30.3 Å². The van der Waals surface area contributed by atoms with Gasteiger partial charge in [0.1, 0.15) is 0 Å². The Labute approximate surface area is 105 Å². The second kappa shape index (κ2) is 5.72. The third kappa shape index (κ3) is 2.79. The second-order valence-corrected chi connectivity index (χ2v) is 4.92. The molecule has 90 valence electrons. The highest BCUT2D eigenvalue weighted by molar-refractivity contribution is 7.99. The number of para-hydroxylation sites is 1. The van der Waals surface area contributed by atoms with Crippen LogP contribution in [0.4, 0.5) is 10.5 Å². The van der Waals surface area contributed by atoms with E-state index in [9.17, 15) is 9.59 Å². The number of rotatable bonds is 2. The number of urea groups is 1. The number of hydrogen-bond acceptors (Lipinski definition) is 3. The lowest BCUT2D eigenvalue weighted by Crippen LogP contribution is -2.46. The van der Waals surface area contributed by atoms with Crippen molar-refractivity contribution in [3.63, 3.8) is 0 Å². The van der Waals surface area contributed by atoms with Gasteiger partial charge in [-0.25, -0.2) is 9.69 Å². The maximum atomic E-state index is 12.1. The number of imide groups is 1. The molecule has 0 radical (unpaired) electrons. The third-order valence-corrected chi connectivity index (χ3v) is 3.57. The van der Waals surface area contributed by atoms with E-state index in [0.717, 1.165) is 16.4 Å². The van der Waals surface area contributed by atoms with Gasteiger partial charge in [0, 0.05) is 24.6 Å². The van der Waals surface area contributed by atoms with Gasteiger partial charge in [-0.3, -0.25) is 4.79 Å². The Balaban J connectivity index is 2.12. The van der Waals surface area contributed by atoms with Gasteiger partial charge in [-0.05, 0) is 12.1 Å². The SMILES string of the molecule is O=CN(C(=O)N1CCSCC1)c1ccccc1. The number of carbonyl (C=O) groups is 2. The molecule has 5 heteroatoms. The molecule has 0 spiro atoms. The van der Waals surface area contributed by atoms with Gasteiger partial charge in [-0.1, -0.05) is 18.2 Å². The van der Waals surface area contributed by atoms with Crippen molar-refractivity contribution in [1.82, 2.24) is 4.90 Å². The van der Waals surface area contributed by atoms with Crippen LogP contribution in [0.2, 0.25) is 0 Å². The average molecular weight is 250 g/mol. The summed E-state index contributed by atoms with van der Waals surface area (Å²) >= 11 is 1.83. The van der Waals surface area contributed by atoms with Gasteiger partial charge < -0.3 is 4.90 Å². The number of hydrogen-bond donors (Lipinski definition) is 0. The highest BCUT2D eigenvalue weighted by atomic mass is 32.2. The summed E-state index contributed by atoms with van der Waals surface area (Å²) in [6, 6.07) is 8.76. The van der Waals surface area contributed by atoms with Gasteiger partial charge in [-0.15, -0.1) is 0 Å². The maximum absolute atomic E-state index is 12.1. The zero-order valence-corrected chi connectivity index (χ0v) is 10.2. The fraction of sp³-hybridized carbons (Fsp3) is 0.333. The van der Waals surface area contributed by atoms with E-state index in [1.807, 2.05) is 30.0 Å². The van der Waals surface area contributed by atoms with Gasteiger partial charge in [-0.2, -0.15) is 11.8 Å². The fourth-order valence-corrected chi connectivity index (χ4v) is 2.62. The molecular weight excluding hydrogens is 236 g/mol. The van der Waals surface area contributed by atoms with Crippen LogP contribution >= 0.6 is 11.8 Å². The zero-order valence-electron chi connectivity index (χ0n) is 9.41. The Morgan fingerprint density at radius 2 is 1.88 bits per heavy atom. The third-order valence-electron chi connectivity index (χ3n) is 2.63. The van der Waals surface area contributed by atoms with E-state index in [2.05, 4.69) is 0 Å². The summed E-state index contributed by atoms with van der Waals surface area (Å²) < 4.78 is 0. The molecule has 0 aromatic heterocycles. The van der Waals surface area contributed by atoms with E-state index in [1.165, 1.54) is 0 Å². The van der Waals surface area contributed by atoms with Crippen molar-refractivity contribution >= 4 is 29.9 Å². The summed E-state index contributed by atoms with van der Waals surface area (Å²) in [6.07, 6.45) is 0.583. The largest absolute Gasteiger partial charge is 0.331 e. The van der Waals surface area contributed by atoms with E-state index in [0.29, 0.717) is 25.2 Å². The second-order valence-electron chi connectivity index (χ2n) is 3.69. The van der Waals surface area contributed by atoms with Crippen molar-refractivity contribution in [2.75, 3.05) is 29.5 Å². The Bertz CT molecular complexity index is 391. The average Bonchev–Trinajstić information content (AvgIpc) is 2.42. The highest BCUT2D eigenvalue weighted by Gasteiger charge is 2.23. The monoisotopic (exact) mass is 250 g/mol. The van der Waals surface area contributed by atoms with Crippen molar-refractivity contribution in [2.24, 2.45) is 0 Å². The van der Waals surface area contributed by atoms with E-state index in [4.69, 9.17) is 0 Å². The minimum Gasteiger partial charge on any atom is -0.322 e. The first kappa shape index (κ1) is 12.0. The van der Waals surface area contributed by atoms with Crippen LogP contribution in [-0.4, -0.2) is 41.9 Å².